The molecule has 0 spiro atoms. The molecule has 2 unspecified atom stereocenters. The fourth-order valence-electron chi connectivity index (χ4n) is 4.00. The van der Waals surface area contributed by atoms with E-state index in [1.165, 1.54) is 41.1 Å². The van der Waals surface area contributed by atoms with Crippen LogP contribution in [0, 0.1) is 17.1 Å². The number of halogens is 2. The number of urea groups is 1. The standard InChI is InChI=1S/C23H14ClFN4O2S/c24-17-6-5-14(25)9-16(17)20-10-18-21(32-20)22(30)29(23(31)28(18)8-7-26)19-12-27-11-13-3-1-2-4-15(13)19/h1-6,9-12,18,21H,8H2. The molecule has 2 aromatic carbocycles. The number of thioether (sulfide) groups is 1. The second kappa shape index (κ2) is 7.93. The third kappa shape index (κ3) is 3.22. The molecular formula is C23H14ClFN4O2S. The molecule has 0 radical (unpaired) electrons. The number of amides is 3. The van der Waals surface area contributed by atoms with Crippen LogP contribution in [0.3, 0.4) is 0 Å². The third-order valence-electron chi connectivity index (χ3n) is 5.47. The quantitative estimate of drug-likeness (QED) is 0.518. The number of anilines is 1. The zero-order valence-electron chi connectivity index (χ0n) is 16.4. The number of imide groups is 1. The summed E-state index contributed by atoms with van der Waals surface area (Å²) in [7, 11) is 0. The summed E-state index contributed by atoms with van der Waals surface area (Å²) in [5, 5.41) is 10.5. The Kier molecular flexibility index (Phi) is 5.08. The van der Waals surface area contributed by atoms with Crippen molar-refractivity contribution in [3.05, 3.63) is 77.3 Å². The summed E-state index contributed by atoms with van der Waals surface area (Å²) in [5.74, 6) is -0.878. The summed E-state index contributed by atoms with van der Waals surface area (Å²) >= 11 is 7.48. The second-order valence-corrected chi connectivity index (χ2v) is 8.90. The average Bonchev–Trinajstić information content (AvgIpc) is 3.24. The molecule has 0 aliphatic carbocycles. The van der Waals surface area contributed by atoms with Gasteiger partial charge in [-0.05, 0) is 24.3 Å². The monoisotopic (exact) mass is 464 g/mol. The molecule has 5 rings (SSSR count). The first-order chi connectivity index (χ1) is 15.5. The first-order valence-corrected chi connectivity index (χ1v) is 10.9. The number of carbonyl (C=O) groups is 2. The number of rotatable bonds is 3. The molecule has 1 saturated heterocycles. The van der Waals surface area contributed by atoms with Crippen molar-refractivity contribution < 1.29 is 14.0 Å². The molecule has 32 heavy (non-hydrogen) atoms. The Bertz CT molecular complexity index is 1350. The normalized spacial score (nSPS) is 20.3. The third-order valence-corrected chi connectivity index (χ3v) is 7.14. The number of hydrogen-bond donors (Lipinski definition) is 0. The van der Waals surface area contributed by atoms with Gasteiger partial charge in [0.25, 0.3) is 5.91 Å². The Balaban J connectivity index is 1.60. The molecule has 3 heterocycles. The van der Waals surface area contributed by atoms with E-state index in [2.05, 4.69) is 4.98 Å². The van der Waals surface area contributed by atoms with Gasteiger partial charge < -0.3 is 4.90 Å². The summed E-state index contributed by atoms with van der Waals surface area (Å²) in [4.78, 5) is 34.2. The van der Waals surface area contributed by atoms with Gasteiger partial charge in [-0.3, -0.25) is 9.78 Å². The highest BCUT2D eigenvalue weighted by molar-refractivity contribution is 8.09. The molecule has 0 saturated carbocycles. The van der Waals surface area contributed by atoms with Gasteiger partial charge in [-0.1, -0.05) is 35.9 Å². The van der Waals surface area contributed by atoms with Crippen LogP contribution in [0.5, 0.6) is 0 Å². The van der Waals surface area contributed by atoms with E-state index in [0.717, 1.165) is 10.3 Å². The number of fused-ring (bicyclic) bond motifs is 2. The van der Waals surface area contributed by atoms with Gasteiger partial charge in [-0.2, -0.15) is 5.26 Å². The van der Waals surface area contributed by atoms with Crippen molar-refractivity contribution in [3.63, 3.8) is 0 Å². The van der Waals surface area contributed by atoms with Gasteiger partial charge in [-0.15, -0.1) is 11.8 Å². The first kappa shape index (κ1) is 20.5. The smallest absolute Gasteiger partial charge is 0.302 e. The van der Waals surface area contributed by atoms with Crippen LogP contribution in [0.25, 0.3) is 15.7 Å². The molecule has 0 N–H and O–H groups in total. The molecule has 1 aromatic heterocycles. The number of benzene rings is 2. The lowest BCUT2D eigenvalue weighted by atomic mass is 10.0. The van der Waals surface area contributed by atoms with E-state index in [4.69, 9.17) is 11.6 Å². The zero-order chi connectivity index (χ0) is 22.4. The van der Waals surface area contributed by atoms with Crippen LogP contribution in [-0.2, 0) is 4.79 Å². The highest BCUT2D eigenvalue weighted by Crippen LogP contribution is 2.47. The number of nitrogens with zero attached hydrogens (tertiary/aromatic N) is 4. The largest absolute Gasteiger partial charge is 0.332 e. The molecule has 2 aliphatic rings. The molecule has 3 aromatic rings. The van der Waals surface area contributed by atoms with E-state index in [1.807, 2.05) is 30.3 Å². The van der Waals surface area contributed by atoms with Gasteiger partial charge in [0, 0.05) is 32.5 Å². The molecule has 158 valence electrons. The van der Waals surface area contributed by atoms with E-state index >= 15 is 0 Å². The van der Waals surface area contributed by atoms with Gasteiger partial charge >= 0.3 is 6.03 Å². The van der Waals surface area contributed by atoms with Crippen LogP contribution in [0.15, 0.2) is 60.9 Å². The predicted octanol–water partition coefficient (Wildman–Crippen LogP) is 4.84. The average molecular weight is 465 g/mol. The molecule has 2 atom stereocenters. The minimum absolute atomic E-state index is 0.205. The number of carbonyl (C=O) groups excluding carboxylic acids is 2. The number of hydrogen-bond acceptors (Lipinski definition) is 5. The highest BCUT2D eigenvalue weighted by Gasteiger charge is 2.50. The lowest BCUT2D eigenvalue weighted by molar-refractivity contribution is -0.119. The van der Waals surface area contributed by atoms with E-state index in [1.54, 1.807) is 12.3 Å². The molecule has 1 fully saturated rings. The van der Waals surface area contributed by atoms with Crippen LogP contribution >= 0.6 is 23.4 Å². The fraction of sp³-hybridized carbons (Fsp3) is 0.130. The van der Waals surface area contributed by atoms with Crippen LogP contribution in [0.4, 0.5) is 14.9 Å². The zero-order valence-corrected chi connectivity index (χ0v) is 18.0. The number of pyridine rings is 1. The Morgan fingerprint density at radius 1 is 1.19 bits per heavy atom. The molecule has 0 bridgehead atoms. The van der Waals surface area contributed by atoms with Crippen molar-refractivity contribution in [2.24, 2.45) is 0 Å². The van der Waals surface area contributed by atoms with Gasteiger partial charge in [-0.25, -0.2) is 14.1 Å². The minimum Gasteiger partial charge on any atom is -0.302 e. The lowest BCUT2D eigenvalue weighted by Gasteiger charge is -2.40. The Morgan fingerprint density at radius 2 is 2.00 bits per heavy atom. The SMILES string of the molecule is N#CCN1C(=O)N(c2cncc3ccccc23)C(=O)C2SC(c3cc(F)ccc3Cl)=CC21. The topological polar surface area (TPSA) is 77.3 Å². The summed E-state index contributed by atoms with van der Waals surface area (Å²) in [6.07, 6.45) is 4.84. The summed E-state index contributed by atoms with van der Waals surface area (Å²) in [5.41, 5.74) is 0.805. The van der Waals surface area contributed by atoms with E-state index < -0.39 is 29.0 Å². The first-order valence-electron chi connectivity index (χ1n) is 9.68. The highest BCUT2D eigenvalue weighted by atomic mass is 35.5. The molecule has 3 amide bonds. The van der Waals surface area contributed by atoms with Crippen molar-refractivity contribution in [2.45, 2.75) is 11.3 Å². The summed E-state index contributed by atoms with van der Waals surface area (Å²) in [6.45, 7) is -0.205. The number of nitriles is 1. The molecular weight excluding hydrogens is 451 g/mol. The van der Waals surface area contributed by atoms with Gasteiger partial charge in [0.2, 0.25) is 0 Å². The molecule has 6 nitrogen and oxygen atoms in total. The van der Waals surface area contributed by atoms with Gasteiger partial charge in [0.1, 0.15) is 17.6 Å². The minimum atomic E-state index is -0.700. The maximum atomic E-state index is 13.9. The van der Waals surface area contributed by atoms with Crippen LogP contribution in [-0.4, -0.2) is 39.7 Å². The molecule has 2 aliphatic heterocycles. The predicted molar refractivity (Wildman–Crippen MR) is 121 cm³/mol. The van der Waals surface area contributed by atoms with E-state index in [-0.39, 0.29) is 6.54 Å². The van der Waals surface area contributed by atoms with Crippen LogP contribution < -0.4 is 4.90 Å². The lowest BCUT2D eigenvalue weighted by Crippen LogP contribution is -2.62. The Labute approximate surface area is 191 Å². The maximum Gasteiger partial charge on any atom is 0.332 e. The summed E-state index contributed by atoms with van der Waals surface area (Å²) in [6, 6.07) is 12.1. The molecule has 9 heteroatoms. The van der Waals surface area contributed by atoms with Gasteiger partial charge in [0.15, 0.2) is 0 Å². The number of aromatic nitrogens is 1. The van der Waals surface area contributed by atoms with Crippen molar-refractivity contribution >= 4 is 56.7 Å². The van der Waals surface area contributed by atoms with Crippen LogP contribution in [0.2, 0.25) is 5.02 Å². The Hall–Kier alpha value is -3.41. The van der Waals surface area contributed by atoms with Crippen molar-refractivity contribution in [1.82, 2.24) is 9.88 Å². The van der Waals surface area contributed by atoms with Crippen molar-refractivity contribution in [3.8, 4) is 6.07 Å². The Morgan fingerprint density at radius 3 is 2.81 bits per heavy atom. The van der Waals surface area contributed by atoms with E-state index in [9.17, 15) is 19.2 Å². The van der Waals surface area contributed by atoms with Gasteiger partial charge in [0.05, 0.1) is 24.0 Å². The maximum absolute atomic E-state index is 13.9. The van der Waals surface area contributed by atoms with Crippen molar-refractivity contribution in [1.29, 1.82) is 5.26 Å². The van der Waals surface area contributed by atoms with E-state index in [0.29, 0.717) is 26.6 Å². The summed E-state index contributed by atoms with van der Waals surface area (Å²) < 4.78 is 13.9. The van der Waals surface area contributed by atoms with Crippen molar-refractivity contribution in [2.75, 3.05) is 11.4 Å². The van der Waals surface area contributed by atoms with Crippen LogP contribution in [0.1, 0.15) is 5.56 Å². The fourth-order valence-corrected chi connectivity index (χ4v) is 5.64. The second-order valence-electron chi connectivity index (χ2n) is 7.31.